The Bertz CT molecular complexity index is 287. The average molecular weight is 226 g/mol. The van der Waals surface area contributed by atoms with Crippen molar-refractivity contribution in [2.24, 2.45) is 12.8 Å². The first kappa shape index (κ1) is 13.2. The van der Waals surface area contributed by atoms with Gasteiger partial charge in [0.2, 0.25) is 0 Å². The van der Waals surface area contributed by atoms with Gasteiger partial charge in [0.25, 0.3) is 0 Å². The van der Waals surface area contributed by atoms with Gasteiger partial charge in [0.15, 0.2) is 0 Å². The van der Waals surface area contributed by atoms with E-state index in [4.69, 9.17) is 10.5 Å². The molecule has 1 aromatic heterocycles. The van der Waals surface area contributed by atoms with E-state index in [0.717, 1.165) is 31.6 Å². The second-order valence-electron chi connectivity index (χ2n) is 3.94. The van der Waals surface area contributed by atoms with Crippen LogP contribution in [0.4, 0.5) is 0 Å². The lowest BCUT2D eigenvalue weighted by molar-refractivity contribution is 0.161. The molecule has 0 aromatic carbocycles. The number of ether oxygens (including phenoxy) is 1. The van der Waals surface area contributed by atoms with Crippen LogP contribution in [0.3, 0.4) is 0 Å². The SMILES string of the molecule is COCC(CCCN)NCc1ccn(C)n1. The van der Waals surface area contributed by atoms with Gasteiger partial charge in [-0.1, -0.05) is 0 Å². The third-order valence-electron chi connectivity index (χ3n) is 2.47. The Morgan fingerprint density at radius 3 is 3.00 bits per heavy atom. The maximum absolute atomic E-state index is 5.50. The van der Waals surface area contributed by atoms with Crippen LogP contribution in [-0.2, 0) is 18.3 Å². The van der Waals surface area contributed by atoms with Crippen molar-refractivity contribution < 1.29 is 4.74 Å². The van der Waals surface area contributed by atoms with Crippen molar-refractivity contribution in [1.82, 2.24) is 15.1 Å². The topological polar surface area (TPSA) is 65.1 Å². The van der Waals surface area contributed by atoms with E-state index in [1.807, 2.05) is 24.0 Å². The maximum atomic E-state index is 5.50. The predicted octanol–water partition coefficient (Wildman–Crippen LogP) is 0.264. The number of hydrogen-bond donors (Lipinski definition) is 2. The maximum Gasteiger partial charge on any atom is 0.0762 e. The van der Waals surface area contributed by atoms with E-state index < -0.39 is 0 Å². The second kappa shape index (κ2) is 7.38. The minimum absolute atomic E-state index is 0.357. The lowest BCUT2D eigenvalue weighted by atomic mass is 10.1. The van der Waals surface area contributed by atoms with Crippen LogP contribution in [0.2, 0.25) is 0 Å². The Morgan fingerprint density at radius 1 is 1.62 bits per heavy atom. The minimum Gasteiger partial charge on any atom is -0.383 e. The van der Waals surface area contributed by atoms with Crippen LogP contribution in [0, 0.1) is 0 Å². The van der Waals surface area contributed by atoms with Crippen LogP contribution >= 0.6 is 0 Å². The van der Waals surface area contributed by atoms with Crippen molar-refractivity contribution in [3.8, 4) is 0 Å². The van der Waals surface area contributed by atoms with E-state index in [1.165, 1.54) is 0 Å². The van der Waals surface area contributed by atoms with Crippen molar-refractivity contribution in [1.29, 1.82) is 0 Å². The molecule has 92 valence electrons. The molecule has 5 heteroatoms. The van der Waals surface area contributed by atoms with E-state index in [-0.39, 0.29) is 0 Å². The minimum atomic E-state index is 0.357. The van der Waals surface area contributed by atoms with E-state index in [9.17, 15) is 0 Å². The molecule has 3 N–H and O–H groups in total. The van der Waals surface area contributed by atoms with Gasteiger partial charge in [-0.25, -0.2) is 0 Å². The van der Waals surface area contributed by atoms with Crippen LogP contribution in [-0.4, -0.2) is 36.1 Å². The number of nitrogens with one attached hydrogen (secondary N) is 1. The third kappa shape index (κ3) is 4.74. The summed E-state index contributed by atoms with van der Waals surface area (Å²) in [6.07, 6.45) is 4.00. The van der Waals surface area contributed by atoms with Gasteiger partial charge >= 0.3 is 0 Å². The summed E-state index contributed by atoms with van der Waals surface area (Å²) in [7, 11) is 3.64. The zero-order chi connectivity index (χ0) is 11.8. The molecule has 1 atom stereocenters. The first-order valence-electron chi connectivity index (χ1n) is 5.67. The van der Waals surface area contributed by atoms with Crippen molar-refractivity contribution in [2.75, 3.05) is 20.3 Å². The molecular formula is C11H22N4O. The highest BCUT2D eigenvalue weighted by Crippen LogP contribution is 2.00. The van der Waals surface area contributed by atoms with Crippen LogP contribution in [0.1, 0.15) is 18.5 Å². The molecule has 16 heavy (non-hydrogen) atoms. The number of aryl methyl sites for hydroxylation is 1. The number of rotatable bonds is 8. The molecule has 1 unspecified atom stereocenters. The summed E-state index contributed by atoms with van der Waals surface area (Å²) in [4.78, 5) is 0. The third-order valence-corrected chi connectivity index (χ3v) is 2.47. The first-order chi connectivity index (χ1) is 7.76. The van der Waals surface area contributed by atoms with Crippen LogP contribution in [0.5, 0.6) is 0 Å². The van der Waals surface area contributed by atoms with Gasteiger partial charge in [0.1, 0.15) is 0 Å². The highest BCUT2D eigenvalue weighted by molar-refractivity contribution is 4.98. The van der Waals surface area contributed by atoms with Gasteiger partial charge in [0, 0.05) is 32.9 Å². The van der Waals surface area contributed by atoms with Crippen molar-refractivity contribution in [3.05, 3.63) is 18.0 Å². The van der Waals surface area contributed by atoms with Crippen molar-refractivity contribution >= 4 is 0 Å². The normalized spacial score (nSPS) is 12.9. The Labute approximate surface area is 97.0 Å². The second-order valence-corrected chi connectivity index (χ2v) is 3.94. The van der Waals surface area contributed by atoms with Crippen LogP contribution < -0.4 is 11.1 Å². The summed E-state index contributed by atoms with van der Waals surface area (Å²) in [5, 5.41) is 7.74. The molecule has 1 heterocycles. The number of nitrogens with two attached hydrogens (primary N) is 1. The molecule has 0 radical (unpaired) electrons. The molecule has 0 aliphatic rings. The first-order valence-corrected chi connectivity index (χ1v) is 5.67. The van der Waals surface area contributed by atoms with Gasteiger partial charge in [-0.15, -0.1) is 0 Å². The number of nitrogens with zero attached hydrogens (tertiary/aromatic N) is 2. The molecule has 5 nitrogen and oxygen atoms in total. The van der Waals surface area contributed by atoms with Crippen LogP contribution in [0.15, 0.2) is 12.3 Å². The molecule has 0 amide bonds. The Hall–Kier alpha value is -0.910. The summed E-state index contributed by atoms with van der Waals surface area (Å²) in [6, 6.07) is 2.37. The van der Waals surface area contributed by atoms with Gasteiger partial charge < -0.3 is 15.8 Å². The fourth-order valence-electron chi connectivity index (χ4n) is 1.62. The molecule has 1 aromatic rings. The Balaban J connectivity index is 2.30. The quantitative estimate of drug-likeness (QED) is 0.667. The van der Waals surface area contributed by atoms with Crippen molar-refractivity contribution in [2.45, 2.75) is 25.4 Å². The van der Waals surface area contributed by atoms with Gasteiger partial charge in [0.05, 0.1) is 12.3 Å². The van der Waals surface area contributed by atoms with Gasteiger partial charge in [-0.05, 0) is 25.5 Å². The lowest BCUT2D eigenvalue weighted by Crippen LogP contribution is -2.33. The van der Waals surface area contributed by atoms with Crippen LogP contribution in [0.25, 0.3) is 0 Å². The monoisotopic (exact) mass is 226 g/mol. The van der Waals surface area contributed by atoms with E-state index >= 15 is 0 Å². The average Bonchev–Trinajstić information content (AvgIpc) is 2.68. The molecule has 0 spiro atoms. The molecule has 0 bridgehead atoms. The highest BCUT2D eigenvalue weighted by atomic mass is 16.5. The molecular weight excluding hydrogens is 204 g/mol. The predicted molar refractivity (Wildman–Crippen MR) is 64.0 cm³/mol. The summed E-state index contributed by atoms with van der Waals surface area (Å²) >= 11 is 0. The summed E-state index contributed by atoms with van der Waals surface area (Å²) in [5.74, 6) is 0. The lowest BCUT2D eigenvalue weighted by Gasteiger charge is -2.16. The molecule has 1 rings (SSSR count). The zero-order valence-corrected chi connectivity index (χ0v) is 10.1. The van der Waals surface area contributed by atoms with E-state index in [0.29, 0.717) is 12.6 Å². The fourth-order valence-corrected chi connectivity index (χ4v) is 1.62. The molecule has 0 aliphatic heterocycles. The van der Waals surface area contributed by atoms with Gasteiger partial charge in [-0.3, -0.25) is 4.68 Å². The summed E-state index contributed by atoms with van der Waals surface area (Å²) in [6.45, 7) is 2.22. The van der Waals surface area contributed by atoms with E-state index in [1.54, 1.807) is 7.11 Å². The Morgan fingerprint density at radius 2 is 2.44 bits per heavy atom. The molecule has 0 aliphatic carbocycles. The Kier molecular flexibility index (Phi) is 6.07. The highest BCUT2D eigenvalue weighted by Gasteiger charge is 2.07. The summed E-state index contributed by atoms with van der Waals surface area (Å²) < 4.78 is 6.97. The summed E-state index contributed by atoms with van der Waals surface area (Å²) in [5.41, 5.74) is 6.55. The largest absolute Gasteiger partial charge is 0.383 e. The molecule has 0 saturated carbocycles. The zero-order valence-electron chi connectivity index (χ0n) is 10.1. The fraction of sp³-hybridized carbons (Fsp3) is 0.727. The number of methoxy groups -OCH3 is 1. The van der Waals surface area contributed by atoms with Crippen molar-refractivity contribution in [3.63, 3.8) is 0 Å². The number of aromatic nitrogens is 2. The van der Waals surface area contributed by atoms with Gasteiger partial charge in [-0.2, -0.15) is 5.10 Å². The number of hydrogen-bond acceptors (Lipinski definition) is 4. The standard InChI is InChI=1S/C11H22N4O/c1-15-7-5-10(14-15)8-13-11(9-16-2)4-3-6-12/h5,7,11,13H,3-4,6,8-9,12H2,1-2H3. The smallest absolute Gasteiger partial charge is 0.0762 e. The van der Waals surface area contributed by atoms with E-state index in [2.05, 4.69) is 10.4 Å². The molecule has 0 saturated heterocycles. The molecule has 0 fully saturated rings.